The standard InChI is InChI=1S/C11H10O2S2/c12-11(13)9-5-7-15-10(9)4-3-8-2-1-6-14-8/h1-2,5-7H,3-4H2,(H,12,13). The molecule has 4 heteroatoms. The number of carboxylic acids is 1. The lowest BCUT2D eigenvalue weighted by Crippen LogP contribution is -1.99. The number of hydrogen-bond acceptors (Lipinski definition) is 3. The van der Waals surface area contributed by atoms with Gasteiger partial charge in [0.2, 0.25) is 0 Å². The van der Waals surface area contributed by atoms with Gasteiger partial charge >= 0.3 is 5.97 Å². The van der Waals surface area contributed by atoms with Crippen LogP contribution in [0.2, 0.25) is 0 Å². The molecule has 1 N–H and O–H groups in total. The Morgan fingerprint density at radius 1 is 1.20 bits per heavy atom. The number of rotatable bonds is 4. The van der Waals surface area contributed by atoms with E-state index < -0.39 is 5.97 Å². The molecule has 0 aliphatic heterocycles. The Labute approximate surface area is 95.8 Å². The van der Waals surface area contributed by atoms with E-state index in [1.165, 1.54) is 16.2 Å². The van der Waals surface area contributed by atoms with Crippen LogP contribution < -0.4 is 0 Å². The maximum Gasteiger partial charge on any atom is 0.336 e. The first-order chi connectivity index (χ1) is 7.27. The van der Waals surface area contributed by atoms with E-state index in [2.05, 4.69) is 6.07 Å². The number of thiophene rings is 2. The molecule has 2 rings (SSSR count). The van der Waals surface area contributed by atoms with E-state index in [0.29, 0.717) is 5.56 Å². The Morgan fingerprint density at radius 2 is 2.07 bits per heavy atom. The average Bonchev–Trinajstić information content (AvgIpc) is 2.86. The first-order valence-corrected chi connectivity index (χ1v) is 6.35. The fourth-order valence-corrected chi connectivity index (χ4v) is 3.00. The minimum atomic E-state index is -0.822. The first-order valence-electron chi connectivity index (χ1n) is 4.59. The van der Waals surface area contributed by atoms with E-state index in [0.717, 1.165) is 17.7 Å². The zero-order valence-electron chi connectivity index (χ0n) is 7.97. The molecular formula is C11H10O2S2. The summed E-state index contributed by atoms with van der Waals surface area (Å²) in [7, 11) is 0. The third kappa shape index (κ3) is 2.46. The average molecular weight is 238 g/mol. The second kappa shape index (κ2) is 4.59. The molecule has 2 heterocycles. The van der Waals surface area contributed by atoms with Gasteiger partial charge < -0.3 is 5.11 Å². The minimum Gasteiger partial charge on any atom is -0.478 e. The predicted molar refractivity (Wildman–Crippen MR) is 63.0 cm³/mol. The van der Waals surface area contributed by atoms with Crippen molar-refractivity contribution in [1.29, 1.82) is 0 Å². The maximum atomic E-state index is 10.9. The van der Waals surface area contributed by atoms with E-state index >= 15 is 0 Å². The normalized spacial score (nSPS) is 10.4. The Bertz CT molecular complexity index is 443. The van der Waals surface area contributed by atoms with Gasteiger partial charge in [-0.15, -0.1) is 22.7 Å². The highest BCUT2D eigenvalue weighted by atomic mass is 32.1. The van der Waals surface area contributed by atoms with Crippen LogP contribution in [0.4, 0.5) is 0 Å². The summed E-state index contributed by atoms with van der Waals surface area (Å²) in [4.78, 5) is 13.1. The predicted octanol–water partition coefficient (Wildman–Crippen LogP) is 3.29. The molecule has 0 spiro atoms. The van der Waals surface area contributed by atoms with Gasteiger partial charge in [-0.25, -0.2) is 4.79 Å². The lowest BCUT2D eigenvalue weighted by Gasteiger charge is -1.98. The molecule has 2 nitrogen and oxygen atoms in total. The fourth-order valence-electron chi connectivity index (χ4n) is 1.42. The summed E-state index contributed by atoms with van der Waals surface area (Å²) in [6.45, 7) is 0. The summed E-state index contributed by atoms with van der Waals surface area (Å²) >= 11 is 3.24. The number of carboxylic acid groups (broad SMARTS) is 1. The largest absolute Gasteiger partial charge is 0.478 e. The maximum absolute atomic E-state index is 10.9. The molecule has 2 aromatic heterocycles. The van der Waals surface area contributed by atoms with Crippen LogP contribution in [0.25, 0.3) is 0 Å². The summed E-state index contributed by atoms with van der Waals surface area (Å²) < 4.78 is 0. The van der Waals surface area contributed by atoms with E-state index in [-0.39, 0.29) is 0 Å². The van der Waals surface area contributed by atoms with Gasteiger partial charge in [0, 0.05) is 9.75 Å². The van der Waals surface area contributed by atoms with Crippen molar-refractivity contribution >= 4 is 28.6 Å². The zero-order valence-corrected chi connectivity index (χ0v) is 9.61. The second-order valence-electron chi connectivity index (χ2n) is 3.14. The van der Waals surface area contributed by atoms with Crippen molar-refractivity contribution in [2.45, 2.75) is 12.8 Å². The van der Waals surface area contributed by atoms with Gasteiger partial charge in [-0.1, -0.05) is 6.07 Å². The molecule has 0 unspecified atom stereocenters. The summed E-state index contributed by atoms with van der Waals surface area (Å²) in [6, 6.07) is 5.78. The van der Waals surface area contributed by atoms with Crippen molar-refractivity contribution in [2.75, 3.05) is 0 Å². The Morgan fingerprint density at radius 3 is 2.73 bits per heavy atom. The van der Waals surface area contributed by atoms with Crippen LogP contribution in [-0.2, 0) is 12.8 Å². The smallest absolute Gasteiger partial charge is 0.336 e. The van der Waals surface area contributed by atoms with Crippen molar-refractivity contribution < 1.29 is 9.90 Å². The molecule has 0 aliphatic rings. The molecule has 2 aromatic rings. The van der Waals surface area contributed by atoms with Crippen molar-refractivity contribution in [2.24, 2.45) is 0 Å². The zero-order chi connectivity index (χ0) is 10.7. The second-order valence-corrected chi connectivity index (χ2v) is 5.17. The molecule has 0 bridgehead atoms. The molecule has 0 atom stereocenters. The minimum absolute atomic E-state index is 0.455. The van der Waals surface area contributed by atoms with Gasteiger partial charge in [-0.3, -0.25) is 0 Å². The molecule has 0 amide bonds. The molecule has 0 radical (unpaired) electrons. The van der Waals surface area contributed by atoms with Gasteiger partial charge in [0.05, 0.1) is 5.56 Å². The van der Waals surface area contributed by atoms with Gasteiger partial charge in [0.1, 0.15) is 0 Å². The molecule has 0 fully saturated rings. The van der Waals surface area contributed by atoms with Crippen LogP contribution >= 0.6 is 22.7 Å². The van der Waals surface area contributed by atoms with Gasteiger partial charge in [-0.2, -0.15) is 0 Å². The quantitative estimate of drug-likeness (QED) is 0.887. The molecule has 78 valence electrons. The van der Waals surface area contributed by atoms with Gasteiger partial charge in [0.25, 0.3) is 0 Å². The van der Waals surface area contributed by atoms with Crippen LogP contribution in [0.5, 0.6) is 0 Å². The van der Waals surface area contributed by atoms with Crippen LogP contribution in [0.1, 0.15) is 20.1 Å². The molecular weight excluding hydrogens is 228 g/mol. The van der Waals surface area contributed by atoms with Crippen LogP contribution in [0, 0.1) is 0 Å². The Kier molecular flexibility index (Phi) is 3.18. The van der Waals surface area contributed by atoms with Gasteiger partial charge in [0.15, 0.2) is 0 Å². The lowest BCUT2D eigenvalue weighted by atomic mass is 10.1. The summed E-state index contributed by atoms with van der Waals surface area (Å²) in [5.41, 5.74) is 0.455. The van der Waals surface area contributed by atoms with Crippen molar-refractivity contribution in [3.63, 3.8) is 0 Å². The van der Waals surface area contributed by atoms with E-state index in [9.17, 15) is 4.79 Å². The van der Waals surface area contributed by atoms with Crippen LogP contribution in [0.15, 0.2) is 29.0 Å². The first kappa shape index (κ1) is 10.4. The highest BCUT2D eigenvalue weighted by Crippen LogP contribution is 2.20. The van der Waals surface area contributed by atoms with E-state index in [1.807, 2.05) is 16.8 Å². The number of hydrogen-bond donors (Lipinski definition) is 1. The van der Waals surface area contributed by atoms with Crippen molar-refractivity contribution in [3.8, 4) is 0 Å². The summed E-state index contributed by atoms with van der Waals surface area (Å²) in [5, 5.41) is 12.8. The van der Waals surface area contributed by atoms with Gasteiger partial charge in [-0.05, 0) is 35.7 Å². The number of carbonyl (C=O) groups is 1. The number of aryl methyl sites for hydroxylation is 2. The summed E-state index contributed by atoms with van der Waals surface area (Å²) in [6.07, 6.45) is 1.75. The molecule has 0 aliphatic carbocycles. The Balaban J connectivity index is 2.05. The molecule has 0 saturated heterocycles. The van der Waals surface area contributed by atoms with Crippen LogP contribution in [-0.4, -0.2) is 11.1 Å². The van der Waals surface area contributed by atoms with Crippen molar-refractivity contribution in [3.05, 3.63) is 44.3 Å². The molecule has 0 saturated carbocycles. The Hall–Kier alpha value is -1.13. The third-order valence-corrected chi connectivity index (χ3v) is 4.07. The van der Waals surface area contributed by atoms with E-state index in [1.54, 1.807) is 17.4 Å². The highest BCUT2D eigenvalue weighted by Gasteiger charge is 2.10. The third-order valence-electron chi connectivity index (χ3n) is 2.15. The summed E-state index contributed by atoms with van der Waals surface area (Å²) in [5.74, 6) is -0.822. The molecule has 15 heavy (non-hydrogen) atoms. The van der Waals surface area contributed by atoms with E-state index in [4.69, 9.17) is 5.11 Å². The monoisotopic (exact) mass is 238 g/mol. The number of aromatic carboxylic acids is 1. The fraction of sp³-hybridized carbons (Fsp3) is 0.182. The SMILES string of the molecule is O=C(O)c1ccsc1CCc1cccs1. The van der Waals surface area contributed by atoms with Crippen LogP contribution in [0.3, 0.4) is 0 Å². The van der Waals surface area contributed by atoms with Crippen molar-refractivity contribution in [1.82, 2.24) is 0 Å². The molecule has 0 aromatic carbocycles. The lowest BCUT2D eigenvalue weighted by molar-refractivity contribution is 0.0696. The topological polar surface area (TPSA) is 37.3 Å². The highest BCUT2D eigenvalue weighted by molar-refractivity contribution is 7.10.